The lowest BCUT2D eigenvalue weighted by Crippen LogP contribution is -2.28. The van der Waals surface area contributed by atoms with Crippen molar-refractivity contribution < 1.29 is 19.1 Å². The maximum absolute atomic E-state index is 13.0. The molecule has 1 aliphatic heterocycles. The Kier molecular flexibility index (Phi) is 4.10. The molecule has 0 saturated heterocycles. The molecule has 0 radical (unpaired) electrons. The average molecular weight is 313 g/mol. The molecule has 1 aliphatic rings. The number of halogens is 1. The minimum atomic E-state index is -0.886. The first-order valence-corrected chi connectivity index (χ1v) is 7.42. The van der Waals surface area contributed by atoms with Crippen LogP contribution in [-0.2, 0) is 11.3 Å². The van der Waals surface area contributed by atoms with Gasteiger partial charge in [0, 0.05) is 18.5 Å². The van der Waals surface area contributed by atoms with Crippen LogP contribution in [0.25, 0.3) is 0 Å². The zero-order valence-corrected chi connectivity index (χ0v) is 12.4. The summed E-state index contributed by atoms with van der Waals surface area (Å²) in [6.07, 6.45) is 0.353. The molecule has 0 bridgehead atoms. The van der Waals surface area contributed by atoms with E-state index in [2.05, 4.69) is 0 Å². The van der Waals surface area contributed by atoms with Crippen molar-refractivity contribution >= 4 is 11.9 Å². The van der Waals surface area contributed by atoms with E-state index in [0.717, 1.165) is 11.1 Å². The summed E-state index contributed by atoms with van der Waals surface area (Å²) in [5.41, 5.74) is 2.29. The van der Waals surface area contributed by atoms with Crippen molar-refractivity contribution in [3.05, 3.63) is 71.0 Å². The molecule has 1 amide bonds. The largest absolute Gasteiger partial charge is 0.481 e. The molecule has 0 aliphatic carbocycles. The summed E-state index contributed by atoms with van der Waals surface area (Å²) in [6, 6.07) is 13.0. The van der Waals surface area contributed by atoms with E-state index in [-0.39, 0.29) is 24.2 Å². The van der Waals surface area contributed by atoms with E-state index in [9.17, 15) is 14.0 Å². The Balaban J connectivity index is 1.88. The van der Waals surface area contributed by atoms with E-state index in [1.165, 1.54) is 12.1 Å². The molecule has 0 fully saturated rings. The summed E-state index contributed by atoms with van der Waals surface area (Å²) < 4.78 is 13.0. The van der Waals surface area contributed by atoms with Crippen LogP contribution >= 0.6 is 0 Å². The van der Waals surface area contributed by atoms with Gasteiger partial charge in [-0.25, -0.2) is 4.39 Å². The van der Waals surface area contributed by atoms with Gasteiger partial charge in [-0.2, -0.15) is 0 Å². The zero-order chi connectivity index (χ0) is 16.4. The zero-order valence-electron chi connectivity index (χ0n) is 12.4. The fourth-order valence-corrected chi connectivity index (χ4v) is 2.99. The number of aliphatic carboxylic acids is 1. The van der Waals surface area contributed by atoms with E-state index in [4.69, 9.17) is 5.11 Å². The Labute approximate surface area is 133 Å². The number of amides is 1. The van der Waals surface area contributed by atoms with Crippen molar-refractivity contribution in [2.45, 2.75) is 25.4 Å². The summed E-state index contributed by atoms with van der Waals surface area (Å²) in [5.74, 6) is -1.32. The maximum Gasteiger partial charge on any atom is 0.303 e. The lowest BCUT2D eigenvalue weighted by atomic mass is 10.0. The Morgan fingerprint density at radius 2 is 1.83 bits per heavy atom. The van der Waals surface area contributed by atoms with Crippen LogP contribution in [0.3, 0.4) is 0 Å². The van der Waals surface area contributed by atoms with Gasteiger partial charge in [0.25, 0.3) is 5.91 Å². The highest BCUT2D eigenvalue weighted by atomic mass is 19.1. The second kappa shape index (κ2) is 6.20. The summed E-state index contributed by atoms with van der Waals surface area (Å²) >= 11 is 0. The Morgan fingerprint density at radius 1 is 1.13 bits per heavy atom. The van der Waals surface area contributed by atoms with Crippen LogP contribution < -0.4 is 0 Å². The first-order chi connectivity index (χ1) is 11.1. The molecule has 1 unspecified atom stereocenters. The van der Waals surface area contributed by atoms with Gasteiger partial charge in [-0.15, -0.1) is 0 Å². The molecular weight excluding hydrogens is 297 g/mol. The lowest BCUT2D eigenvalue weighted by Gasteiger charge is -2.25. The minimum Gasteiger partial charge on any atom is -0.481 e. The second-order valence-electron chi connectivity index (χ2n) is 5.59. The highest BCUT2D eigenvalue weighted by molar-refractivity contribution is 5.99. The predicted molar refractivity (Wildman–Crippen MR) is 82.3 cm³/mol. The maximum atomic E-state index is 13.0. The van der Waals surface area contributed by atoms with Crippen molar-refractivity contribution in [3.8, 4) is 0 Å². The summed E-state index contributed by atoms with van der Waals surface area (Å²) in [6.45, 7) is 0.331. The van der Waals surface area contributed by atoms with Crippen molar-refractivity contribution in [2.24, 2.45) is 0 Å². The summed E-state index contributed by atoms with van der Waals surface area (Å²) in [7, 11) is 0. The molecule has 0 spiro atoms. The van der Waals surface area contributed by atoms with Crippen LogP contribution in [-0.4, -0.2) is 21.9 Å². The van der Waals surface area contributed by atoms with Crippen LogP contribution in [0.5, 0.6) is 0 Å². The van der Waals surface area contributed by atoms with Gasteiger partial charge >= 0.3 is 5.97 Å². The first-order valence-electron chi connectivity index (χ1n) is 7.42. The van der Waals surface area contributed by atoms with E-state index in [1.54, 1.807) is 29.2 Å². The summed E-state index contributed by atoms with van der Waals surface area (Å²) in [4.78, 5) is 25.2. The van der Waals surface area contributed by atoms with E-state index in [0.29, 0.717) is 18.5 Å². The number of benzene rings is 2. The lowest BCUT2D eigenvalue weighted by molar-refractivity contribution is -0.137. The molecule has 3 rings (SSSR count). The summed E-state index contributed by atoms with van der Waals surface area (Å²) in [5, 5.41) is 8.95. The molecule has 5 heteroatoms. The normalized spacial score (nSPS) is 16.5. The quantitative estimate of drug-likeness (QED) is 0.920. The Morgan fingerprint density at radius 3 is 2.52 bits per heavy atom. The number of carbonyl (C=O) groups is 2. The molecule has 118 valence electrons. The topological polar surface area (TPSA) is 57.6 Å². The van der Waals surface area contributed by atoms with Gasteiger partial charge in [-0.05, 0) is 35.7 Å². The van der Waals surface area contributed by atoms with Crippen LogP contribution in [0.1, 0.15) is 40.4 Å². The fraction of sp³-hybridized carbons (Fsp3) is 0.222. The smallest absolute Gasteiger partial charge is 0.303 e. The fourth-order valence-electron chi connectivity index (χ4n) is 2.99. The molecule has 1 N–H and O–H groups in total. The van der Waals surface area contributed by atoms with Crippen LogP contribution in [0.4, 0.5) is 4.39 Å². The van der Waals surface area contributed by atoms with Gasteiger partial charge < -0.3 is 10.0 Å². The van der Waals surface area contributed by atoms with Crippen molar-refractivity contribution in [3.63, 3.8) is 0 Å². The third-order valence-corrected chi connectivity index (χ3v) is 4.09. The molecule has 2 aromatic rings. The molecule has 2 aromatic carbocycles. The van der Waals surface area contributed by atoms with Gasteiger partial charge in [0.05, 0.1) is 6.04 Å². The van der Waals surface area contributed by atoms with Crippen molar-refractivity contribution in [1.29, 1.82) is 0 Å². The molecule has 4 nitrogen and oxygen atoms in total. The molecule has 23 heavy (non-hydrogen) atoms. The average Bonchev–Trinajstić information content (AvgIpc) is 2.80. The predicted octanol–water partition coefficient (Wildman–Crippen LogP) is 3.39. The monoisotopic (exact) mass is 313 g/mol. The standard InChI is InChI=1S/C18H16FNO3/c19-13-7-5-12(6-8-13)11-20-16(9-10-17(21)22)14-3-1-2-4-15(14)18(20)23/h1-8,16H,9-11H2,(H,21,22). The molecule has 1 heterocycles. The number of fused-ring (bicyclic) bond motifs is 1. The number of carboxylic acids is 1. The number of hydrogen-bond acceptors (Lipinski definition) is 2. The van der Waals surface area contributed by atoms with Crippen molar-refractivity contribution in [2.75, 3.05) is 0 Å². The molecule has 0 saturated carbocycles. The number of rotatable bonds is 5. The molecule has 1 atom stereocenters. The van der Waals surface area contributed by atoms with Gasteiger partial charge in [-0.3, -0.25) is 9.59 Å². The van der Waals surface area contributed by atoms with Gasteiger partial charge in [0.1, 0.15) is 5.82 Å². The first kappa shape index (κ1) is 15.2. The molecular formula is C18H16FNO3. The number of hydrogen-bond donors (Lipinski definition) is 1. The van der Waals surface area contributed by atoms with Gasteiger partial charge in [0.2, 0.25) is 0 Å². The van der Waals surface area contributed by atoms with Gasteiger partial charge in [-0.1, -0.05) is 30.3 Å². The number of carbonyl (C=O) groups excluding carboxylic acids is 1. The highest BCUT2D eigenvalue weighted by Crippen LogP contribution is 2.37. The third-order valence-electron chi connectivity index (χ3n) is 4.09. The van der Waals surface area contributed by atoms with Gasteiger partial charge in [0.15, 0.2) is 0 Å². The van der Waals surface area contributed by atoms with Crippen molar-refractivity contribution in [1.82, 2.24) is 4.90 Å². The van der Waals surface area contributed by atoms with E-state index in [1.807, 2.05) is 12.1 Å². The van der Waals surface area contributed by atoms with E-state index >= 15 is 0 Å². The SMILES string of the molecule is O=C(O)CCC1c2ccccc2C(=O)N1Cc1ccc(F)cc1. The third kappa shape index (κ3) is 3.08. The van der Waals surface area contributed by atoms with Crippen LogP contribution in [0, 0.1) is 5.82 Å². The van der Waals surface area contributed by atoms with Crippen LogP contribution in [0.15, 0.2) is 48.5 Å². The number of carboxylic acid groups (broad SMARTS) is 1. The number of nitrogens with zero attached hydrogens (tertiary/aromatic N) is 1. The van der Waals surface area contributed by atoms with E-state index < -0.39 is 5.97 Å². The minimum absolute atomic E-state index is 0.00774. The highest BCUT2D eigenvalue weighted by Gasteiger charge is 2.36. The Hall–Kier alpha value is -2.69. The van der Waals surface area contributed by atoms with Crippen LogP contribution in [0.2, 0.25) is 0 Å². The second-order valence-corrected chi connectivity index (χ2v) is 5.59. The Bertz CT molecular complexity index is 742. The molecule has 0 aromatic heterocycles.